The molecule has 4 heterocycles. The van der Waals surface area contributed by atoms with Crippen LogP contribution < -0.4 is 15.4 Å². The predicted molar refractivity (Wildman–Crippen MR) is 121 cm³/mol. The van der Waals surface area contributed by atoms with Gasteiger partial charge in [-0.15, -0.1) is 5.10 Å². The molecule has 0 radical (unpaired) electrons. The lowest BCUT2D eigenvalue weighted by molar-refractivity contribution is -0.136. The molecule has 1 atom stereocenters. The maximum absolute atomic E-state index is 13.0. The number of nitrogens with zero attached hydrogens (tertiary/aromatic N) is 5. The monoisotopic (exact) mass is 475 g/mol. The van der Waals surface area contributed by atoms with Gasteiger partial charge in [-0.25, -0.2) is 9.67 Å². The third kappa shape index (κ3) is 3.98. The number of nitrogens with one attached hydrogen (secondary N) is 2. The molecule has 12 heteroatoms. The molecule has 1 fully saturated rings. The number of piperidine rings is 1. The number of fused-ring (bicyclic) bond motifs is 1. The van der Waals surface area contributed by atoms with Crippen LogP contribution in [0.1, 0.15) is 44.8 Å². The summed E-state index contributed by atoms with van der Waals surface area (Å²) in [7, 11) is 1.46. The molecular weight excluding hydrogens is 454 g/mol. The largest absolute Gasteiger partial charge is 0.480 e. The molecule has 1 unspecified atom stereocenters. The van der Waals surface area contributed by atoms with Crippen LogP contribution in [0.2, 0.25) is 0 Å². The molecule has 2 aliphatic rings. The number of benzene rings is 1. The summed E-state index contributed by atoms with van der Waals surface area (Å²) in [5, 5.41) is 13.0. The van der Waals surface area contributed by atoms with Crippen molar-refractivity contribution in [2.24, 2.45) is 0 Å². The Morgan fingerprint density at radius 2 is 2.06 bits per heavy atom. The molecule has 4 amide bonds. The van der Waals surface area contributed by atoms with Crippen molar-refractivity contribution in [3.8, 4) is 11.6 Å². The fourth-order valence-electron chi connectivity index (χ4n) is 4.20. The highest BCUT2D eigenvalue weighted by atomic mass is 16.5. The van der Waals surface area contributed by atoms with Crippen LogP contribution in [0.3, 0.4) is 0 Å². The number of pyridine rings is 1. The number of hydrogen-bond acceptors (Lipinski definition) is 8. The van der Waals surface area contributed by atoms with E-state index >= 15 is 0 Å². The predicted octanol–water partition coefficient (Wildman–Crippen LogP) is 0.993. The van der Waals surface area contributed by atoms with Gasteiger partial charge in [0.1, 0.15) is 11.7 Å². The van der Waals surface area contributed by atoms with Crippen LogP contribution in [0.4, 0.5) is 5.69 Å². The van der Waals surface area contributed by atoms with Crippen LogP contribution in [0, 0.1) is 6.92 Å². The molecule has 35 heavy (non-hydrogen) atoms. The highest BCUT2D eigenvalue weighted by molar-refractivity contribution is 6.06. The molecule has 0 spiro atoms. The molecule has 178 valence electrons. The molecule has 12 nitrogen and oxygen atoms in total. The first-order valence-electron chi connectivity index (χ1n) is 10.9. The second kappa shape index (κ2) is 8.63. The second-order valence-corrected chi connectivity index (χ2v) is 8.26. The third-order valence-corrected chi connectivity index (χ3v) is 6.06. The van der Waals surface area contributed by atoms with E-state index in [4.69, 9.17) is 4.74 Å². The van der Waals surface area contributed by atoms with E-state index in [1.54, 1.807) is 30.5 Å². The van der Waals surface area contributed by atoms with E-state index in [9.17, 15) is 19.2 Å². The Morgan fingerprint density at radius 1 is 1.23 bits per heavy atom. The normalized spacial score (nSPS) is 17.3. The highest BCUT2D eigenvalue weighted by Crippen LogP contribution is 2.29. The quantitative estimate of drug-likeness (QED) is 0.519. The fraction of sp³-hybridized carbons (Fsp3) is 0.261. The van der Waals surface area contributed by atoms with Crippen molar-refractivity contribution in [3.05, 3.63) is 59.0 Å². The van der Waals surface area contributed by atoms with Crippen LogP contribution in [-0.2, 0) is 16.1 Å². The lowest BCUT2D eigenvalue weighted by Gasteiger charge is -2.29. The average Bonchev–Trinajstić information content (AvgIpc) is 3.46. The lowest BCUT2D eigenvalue weighted by Crippen LogP contribution is -2.52. The fourth-order valence-corrected chi connectivity index (χ4v) is 4.20. The SMILES string of the molecule is COc1nccc(C)c1NC(=O)c1cn(-c2ccc3c(c2)C(=O)N(C2CCC(=O)NC2=O)C3)nn1. The number of hydrogen-bond donors (Lipinski definition) is 2. The Kier molecular flexibility index (Phi) is 5.47. The Labute approximate surface area is 199 Å². The minimum Gasteiger partial charge on any atom is -0.480 e. The first kappa shape index (κ1) is 22.2. The summed E-state index contributed by atoms with van der Waals surface area (Å²) in [6.07, 6.45) is 3.51. The number of ether oxygens (including phenoxy) is 1. The number of imide groups is 1. The van der Waals surface area contributed by atoms with E-state index < -0.39 is 17.9 Å². The van der Waals surface area contributed by atoms with Crippen LogP contribution in [0.25, 0.3) is 5.69 Å². The molecule has 3 aromatic rings. The Morgan fingerprint density at radius 3 is 2.83 bits per heavy atom. The van der Waals surface area contributed by atoms with E-state index in [1.165, 1.54) is 22.9 Å². The van der Waals surface area contributed by atoms with Crippen LogP contribution in [0.5, 0.6) is 5.88 Å². The molecule has 2 N–H and O–H groups in total. The van der Waals surface area contributed by atoms with E-state index in [-0.39, 0.29) is 36.4 Å². The van der Waals surface area contributed by atoms with Gasteiger partial charge >= 0.3 is 0 Å². The number of aryl methyl sites for hydroxylation is 1. The summed E-state index contributed by atoms with van der Waals surface area (Å²) >= 11 is 0. The topological polar surface area (TPSA) is 148 Å². The number of carbonyl (C=O) groups excluding carboxylic acids is 4. The average molecular weight is 475 g/mol. The summed E-state index contributed by atoms with van der Waals surface area (Å²) in [4.78, 5) is 55.1. The minimum absolute atomic E-state index is 0.0623. The number of rotatable bonds is 5. The number of anilines is 1. The Bertz CT molecular complexity index is 1380. The van der Waals surface area contributed by atoms with Gasteiger partial charge in [-0.2, -0.15) is 0 Å². The van der Waals surface area contributed by atoms with Crippen molar-refractivity contribution in [1.29, 1.82) is 0 Å². The first-order valence-corrected chi connectivity index (χ1v) is 10.9. The van der Waals surface area contributed by atoms with Crippen LogP contribution in [-0.4, -0.2) is 61.7 Å². The first-order chi connectivity index (χ1) is 16.9. The molecule has 2 aliphatic heterocycles. The maximum Gasteiger partial charge on any atom is 0.278 e. The van der Waals surface area contributed by atoms with E-state index in [0.717, 1.165) is 11.1 Å². The van der Waals surface area contributed by atoms with Crippen molar-refractivity contribution in [1.82, 2.24) is 30.2 Å². The van der Waals surface area contributed by atoms with Gasteiger partial charge in [0, 0.05) is 24.7 Å². The van der Waals surface area contributed by atoms with Gasteiger partial charge in [-0.1, -0.05) is 11.3 Å². The van der Waals surface area contributed by atoms with Gasteiger partial charge in [-0.05, 0) is 42.7 Å². The molecule has 0 saturated carbocycles. The molecule has 0 aliphatic carbocycles. The molecule has 5 rings (SSSR count). The second-order valence-electron chi connectivity index (χ2n) is 8.26. The van der Waals surface area contributed by atoms with Gasteiger partial charge in [-0.3, -0.25) is 24.5 Å². The standard InChI is InChI=1S/C23H21N7O5/c1-12-7-8-24-22(35-2)19(12)26-20(32)16-11-30(28-27-16)14-4-3-13-10-29(23(34)15(13)9-14)17-5-6-18(31)25-21(17)33/h3-4,7-9,11,17H,5-6,10H2,1-2H3,(H,26,32)(H,25,31,33). The van der Waals surface area contributed by atoms with Crippen LogP contribution >= 0.6 is 0 Å². The Balaban J connectivity index is 1.35. The molecule has 2 aromatic heterocycles. The zero-order valence-electron chi connectivity index (χ0n) is 18.9. The molecular formula is C23H21N7O5. The minimum atomic E-state index is -0.689. The van der Waals surface area contributed by atoms with Gasteiger partial charge in [0.15, 0.2) is 5.69 Å². The summed E-state index contributed by atoms with van der Waals surface area (Å²) in [6, 6.07) is 6.23. The summed E-state index contributed by atoms with van der Waals surface area (Å²) in [6.45, 7) is 2.09. The third-order valence-electron chi connectivity index (χ3n) is 6.06. The van der Waals surface area contributed by atoms with Crippen molar-refractivity contribution in [2.75, 3.05) is 12.4 Å². The van der Waals surface area contributed by atoms with E-state index in [2.05, 4.69) is 25.9 Å². The molecule has 0 bridgehead atoms. The van der Waals surface area contributed by atoms with Gasteiger partial charge in [0.05, 0.1) is 19.0 Å². The van der Waals surface area contributed by atoms with E-state index in [1.807, 2.05) is 6.92 Å². The van der Waals surface area contributed by atoms with Crippen molar-refractivity contribution < 1.29 is 23.9 Å². The smallest absolute Gasteiger partial charge is 0.278 e. The zero-order valence-corrected chi connectivity index (χ0v) is 18.9. The number of amides is 4. The summed E-state index contributed by atoms with van der Waals surface area (Å²) < 4.78 is 6.60. The van der Waals surface area contributed by atoms with Gasteiger partial charge in [0.2, 0.25) is 17.7 Å². The highest BCUT2D eigenvalue weighted by Gasteiger charge is 2.39. The van der Waals surface area contributed by atoms with Gasteiger partial charge in [0.25, 0.3) is 11.8 Å². The molecule has 1 saturated heterocycles. The number of aromatic nitrogens is 4. The summed E-state index contributed by atoms with van der Waals surface area (Å²) in [5.41, 5.74) is 3.00. The van der Waals surface area contributed by atoms with Crippen LogP contribution in [0.15, 0.2) is 36.7 Å². The number of methoxy groups -OCH3 is 1. The lowest BCUT2D eigenvalue weighted by atomic mass is 10.0. The van der Waals surface area contributed by atoms with Crippen molar-refractivity contribution in [3.63, 3.8) is 0 Å². The Hall–Kier alpha value is -4.61. The van der Waals surface area contributed by atoms with Gasteiger partial charge < -0.3 is 15.0 Å². The van der Waals surface area contributed by atoms with E-state index in [0.29, 0.717) is 23.4 Å². The maximum atomic E-state index is 13.0. The zero-order chi connectivity index (χ0) is 24.7. The van der Waals surface area contributed by atoms with Crippen molar-refractivity contribution >= 4 is 29.3 Å². The number of carbonyl (C=O) groups is 4. The summed E-state index contributed by atoms with van der Waals surface area (Å²) in [5.74, 6) is -1.31. The van der Waals surface area contributed by atoms with Crippen molar-refractivity contribution in [2.45, 2.75) is 32.4 Å². The molecule has 1 aromatic carbocycles.